The van der Waals surface area contributed by atoms with Crippen molar-refractivity contribution in [2.45, 2.75) is 6.42 Å². The van der Waals surface area contributed by atoms with Crippen molar-refractivity contribution in [2.75, 3.05) is 12.4 Å². The Hall–Kier alpha value is -1.84. The Balaban J connectivity index is 2.31. The average molecular weight is 219 g/mol. The lowest BCUT2D eigenvalue weighted by atomic mass is 10.1. The van der Waals surface area contributed by atoms with Crippen LogP contribution in [0.5, 0.6) is 0 Å². The molecule has 0 amide bonds. The number of alkyl halides is 1. The number of halogens is 1. The maximum atomic E-state index is 12.1. The Morgan fingerprint density at radius 2 is 2.00 bits per heavy atom. The number of hydrogen-bond donors (Lipinski definition) is 1. The second-order valence-corrected chi connectivity index (χ2v) is 3.70. The van der Waals surface area contributed by atoms with Gasteiger partial charge in [-0.15, -0.1) is 0 Å². The van der Waals surface area contributed by atoms with Crippen molar-refractivity contribution in [3.63, 3.8) is 0 Å². The van der Waals surface area contributed by atoms with Crippen LogP contribution < -0.4 is 5.73 Å². The standard InChI is InChI=1S/C12H14FN3/c1-16-12(14)11(8-15-16)10-4-2-9(3-5-10)6-7-13/h2-5,8H,6-7,14H2,1H3. The number of aromatic nitrogens is 2. The van der Waals surface area contributed by atoms with Crippen LogP contribution in [0.3, 0.4) is 0 Å². The number of nitrogens with zero attached hydrogens (tertiary/aromatic N) is 2. The fraction of sp³-hybridized carbons (Fsp3) is 0.250. The number of anilines is 1. The molecule has 0 radical (unpaired) electrons. The number of rotatable bonds is 3. The van der Waals surface area contributed by atoms with Crippen LogP contribution in [0.25, 0.3) is 11.1 Å². The largest absolute Gasteiger partial charge is 0.383 e. The Morgan fingerprint density at radius 3 is 2.50 bits per heavy atom. The molecule has 16 heavy (non-hydrogen) atoms. The third-order valence-corrected chi connectivity index (χ3v) is 2.63. The van der Waals surface area contributed by atoms with Crippen LogP contribution in [0.15, 0.2) is 30.5 Å². The molecule has 2 N–H and O–H groups in total. The summed E-state index contributed by atoms with van der Waals surface area (Å²) in [6.45, 7) is -0.325. The van der Waals surface area contributed by atoms with Gasteiger partial charge in [-0.2, -0.15) is 5.10 Å². The molecule has 3 nitrogen and oxygen atoms in total. The molecule has 1 heterocycles. The summed E-state index contributed by atoms with van der Waals surface area (Å²) in [6, 6.07) is 7.72. The molecule has 2 rings (SSSR count). The third kappa shape index (κ3) is 1.91. The van der Waals surface area contributed by atoms with Gasteiger partial charge in [0.25, 0.3) is 0 Å². The van der Waals surface area contributed by atoms with E-state index >= 15 is 0 Å². The molecule has 0 saturated heterocycles. The molecule has 0 bridgehead atoms. The SMILES string of the molecule is Cn1ncc(-c2ccc(CCF)cc2)c1N. The minimum absolute atomic E-state index is 0.325. The molecule has 1 aromatic heterocycles. The van der Waals surface area contributed by atoms with Crippen LogP contribution in [0.4, 0.5) is 10.2 Å². The van der Waals surface area contributed by atoms with Crippen LogP contribution >= 0.6 is 0 Å². The van der Waals surface area contributed by atoms with Gasteiger partial charge in [-0.3, -0.25) is 9.07 Å². The smallest absolute Gasteiger partial charge is 0.129 e. The zero-order valence-electron chi connectivity index (χ0n) is 9.15. The summed E-state index contributed by atoms with van der Waals surface area (Å²) in [5.41, 5.74) is 8.78. The van der Waals surface area contributed by atoms with Crippen LogP contribution in [0.2, 0.25) is 0 Å². The highest BCUT2D eigenvalue weighted by Gasteiger charge is 2.06. The molecule has 0 aliphatic rings. The number of benzene rings is 1. The van der Waals surface area contributed by atoms with E-state index in [4.69, 9.17) is 5.73 Å². The molecule has 0 aliphatic heterocycles. The summed E-state index contributed by atoms with van der Waals surface area (Å²) in [7, 11) is 1.80. The van der Waals surface area contributed by atoms with E-state index in [9.17, 15) is 4.39 Å². The highest BCUT2D eigenvalue weighted by atomic mass is 19.1. The fourth-order valence-electron chi connectivity index (χ4n) is 1.63. The molecule has 84 valence electrons. The Morgan fingerprint density at radius 1 is 1.31 bits per heavy atom. The van der Waals surface area contributed by atoms with Crippen molar-refractivity contribution in [3.05, 3.63) is 36.0 Å². The first kappa shape index (κ1) is 10.7. The van der Waals surface area contributed by atoms with Crippen molar-refractivity contribution in [1.29, 1.82) is 0 Å². The quantitative estimate of drug-likeness (QED) is 0.859. The summed E-state index contributed by atoms with van der Waals surface area (Å²) < 4.78 is 13.8. The van der Waals surface area contributed by atoms with E-state index < -0.39 is 0 Å². The summed E-state index contributed by atoms with van der Waals surface area (Å²) in [5, 5.41) is 4.08. The highest BCUT2D eigenvalue weighted by Crippen LogP contribution is 2.25. The van der Waals surface area contributed by atoms with Crippen molar-refractivity contribution in [3.8, 4) is 11.1 Å². The van der Waals surface area contributed by atoms with Crippen LogP contribution in [0, 0.1) is 0 Å². The van der Waals surface area contributed by atoms with Gasteiger partial charge >= 0.3 is 0 Å². The van der Waals surface area contributed by atoms with Crippen molar-refractivity contribution >= 4 is 5.82 Å². The van der Waals surface area contributed by atoms with Gasteiger partial charge in [0.05, 0.1) is 12.9 Å². The van der Waals surface area contributed by atoms with Crippen molar-refractivity contribution in [1.82, 2.24) is 9.78 Å². The molecule has 4 heteroatoms. The van der Waals surface area contributed by atoms with E-state index in [0.29, 0.717) is 12.2 Å². The molecule has 1 aromatic carbocycles. The minimum atomic E-state index is -0.325. The topological polar surface area (TPSA) is 43.8 Å². The zero-order chi connectivity index (χ0) is 11.5. The van der Waals surface area contributed by atoms with Gasteiger partial charge in [-0.25, -0.2) is 0 Å². The molecular weight excluding hydrogens is 205 g/mol. The van der Waals surface area contributed by atoms with Gasteiger partial charge in [0.2, 0.25) is 0 Å². The maximum Gasteiger partial charge on any atom is 0.129 e. The Bertz CT molecular complexity index is 474. The molecule has 0 fully saturated rings. The molecule has 2 aromatic rings. The average Bonchev–Trinajstić information content (AvgIpc) is 2.62. The first-order chi connectivity index (χ1) is 7.72. The van der Waals surface area contributed by atoms with Crippen molar-refractivity contribution in [2.24, 2.45) is 7.05 Å². The Kier molecular flexibility index (Phi) is 2.90. The Labute approximate surface area is 93.7 Å². The normalized spacial score (nSPS) is 10.6. The third-order valence-electron chi connectivity index (χ3n) is 2.63. The van der Waals surface area contributed by atoms with E-state index in [1.807, 2.05) is 24.3 Å². The second-order valence-electron chi connectivity index (χ2n) is 3.70. The molecule has 0 unspecified atom stereocenters. The van der Waals surface area contributed by atoms with Gasteiger partial charge in [-0.1, -0.05) is 24.3 Å². The van der Waals surface area contributed by atoms with Crippen LogP contribution in [-0.2, 0) is 13.5 Å². The van der Waals surface area contributed by atoms with Gasteiger partial charge in [-0.05, 0) is 11.1 Å². The van der Waals surface area contributed by atoms with E-state index in [-0.39, 0.29) is 6.67 Å². The van der Waals surface area contributed by atoms with E-state index in [0.717, 1.165) is 16.7 Å². The number of hydrogen-bond acceptors (Lipinski definition) is 2. The fourth-order valence-corrected chi connectivity index (χ4v) is 1.63. The van der Waals surface area contributed by atoms with E-state index in [2.05, 4.69) is 5.10 Å². The predicted molar refractivity (Wildman–Crippen MR) is 62.7 cm³/mol. The lowest BCUT2D eigenvalue weighted by molar-refractivity contribution is 0.495. The predicted octanol–water partition coefficient (Wildman–Crippen LogP) is 2.18. The zero-order valence-corrected chi connectivity index (χ0v) is 9.15. The summed E-state index contributed by atoms with van der Waals surface area (Å²) in [5.74, 6) is 0.637. The van der Waals surface area contributed by atoms with Gasteiger partial charge in [0.1, 0.15) is 5.82 Å². The lowest BCUT2D eigenvalue weighted by Gasteiger charge is -2.02. The number of aryl methyl sites for hydroxylation is 2. The first-order valence-electron chi connectivity index (χ1n) is 5.15. The highest BCUT2D eigenvalue weighted by molar-refractivity contribution is 5.73. The van der Waals surface area contributed by atoms with Crippen LogP contribution in [-0.4, -0.2) is 16.5 Å². The van der Waals surface area contributed by atoms with Gasteiger partial charge in [0, 0.05) is 19.0 Å². The molecule has 0 spiro atoms. The molecule has 0 aliphatic carbocycles. The summed E-state index contributed by atoms with van der Waals surface area (Å²) >= 11 is 0. The van der Waals surface area contributed by atoms with Crippen molar-refractivity contribution < 1.29 is 4.39 Å². The number of nitrogen functional groups attached to an aromatic ring is 1. The monoisotopic (exact) mass is 219 g/mol. The minimum Gasteiger partial charge on any atom is -0.383 e. The number of nitrogens with two attached hydrogens (primary N) is 1. The molecule has 0 saturated carbocycles. The maximum absolute atomic E-state index is 12.1. The second kappa shape index (κ2) is 4.35. The summed E-state index contributed by atoms with van der Waals surface area (Å²) in [6.07, 6.45) is 2.20. The van der Waals surface area contributed by atoms with E-state index in [1.165, 1.54) is 0 Å². The summed E-state index contributed by atoms with van der Waals surface area (Å²) in [4.78, 5) is 0. The van der Waals surface area contributed by atoms with E-state index in [1.54, 1.807) is 17.9 Å². The van der Waals surface area contributed by atoms with Gasteiger partial charge in [0.15, 0.2) is 0 Å². The van der Waals surface area contributed by atoms with Gasteiger partial charge < -0.3 is 5.73 Å². The first-order valence-corrected chi connectivity index (χ1v) is 5.15. The molecular formula is C12H14FN3. The lowest BCUT2D eigenvalue weighted by Crippen LogP contribution is -1.98. The molecule has 0 atom stereocenters. The van der Waals surface area contributed by atoms with Crippen LogP contribution in [0.1, 0.15) is 5.56 Å².